The van der Waals surface area contributed by atoms with E-state index in [4.69, 9.17) is 0 Å². The number of fused-ring (bicyclic) bond motifs is 2. The Morgan fingerprint density at radius 2 is 0.824 bits per heavy atom. The Morgan fingerprint density at radius 1 is 0.490 bits per heavy atom. The van der Waals surface area contributed by atoms with Gasteiger partial charge in [-0.15, -0.1) is 11.4 Å². The van der Waals surface area contributed by atoms with Crippen LogP contribution in [-0.2, 0) is 16.8 Å². The van der Waals surface area contributed by atoms with Crippen molar-refractivity contribution in [3.05, 3.63) is 172 Å². The minimum atomic E-state index is -0.892. The zero-order chi connectivity index (χ0) is 35.9. The van der Waals surface area contributed by atoms with E-state index in [1.165, 1.54) is 36.7 Å². The first-order valence-electron chi connectivity index (χ1n) is 14.0. The Morgan fingerprint density at radius 3 is 1.14 bits per heavy atom. The molecule has 4 aromatic carbocycles. The Hall–Kier alpha value is -7.25. The molecule has 1 radical (unpaired) electrons. The molecule has 0 bridgehead atoms. The first-order valence-corrected chi connectivity index (χ1v) is 14.0. The smallest absolute Gasteiger partial charge is 0.622 e. The molecule has 18 nitrogen and oxygen atoms in total. The van der Waals surface area contributed by atoms with Crippen LogP contribution in [0.1, 0.15) is 20.7 Å². The van der Waals surface area contributed by atoms with Crippen LogP contribution in [0.4, 0.5) is 34.1 Å². The number of nitro groups is 4. The number of pyridine rings is 2. The minimum Gasteiger partial charge on any atom is -0.622 e. The van der Waals surface area contributed by atoms with Crippen molar-refractivity contribution in [2.45, 2.75) is 0 Å². The van der Waals surface area contributed by atoms with Crippen LogP contribution in [-0.4, -0.2) is 41.5 Å². The number of para-hydroxylation sites is 2. The average molecular weight is 733 g/mol. The van der Waals surface area contributed by atoms with Gasteiger partial charge in [0.1, 0.15) is 11.1 Å². The molecular formula is C32H18CoN8O10. The van der Waals surface area contributed by atoms with Crippen LogP contribution in [0.25, 0.3) is 32.4 Å². The van der Waals surface area contributed by atoms with Gasteiger partial charge in [0.25, 0.3) is 22.7 Å². The summed E-state index contributed by atoms with van der Waals surface area (Å²) >= 11 is 0. The zero-order valence-electron chi connectivity index (χ0n) is 25.4. The van der Waals surface area contributed by atoms with Gasteiger partial charge in [-0.25, -0.2) is 0 Å². The van der Waals surface area contributed by atoms with E-state index in [9.17, 15) is 50.0 Å². The summed E-state index contributed by atoms with van der Waals surface area (Å²) in [6, 6.07) is 23.5. The normalized spacial score (nSPS) is 10.2. The van der Waals surface area contributed by atoms with Crippen molar-refractivity contribution in [1.82, 2.24) is 9.97 Å². The van der Waals surface area contributed by atoms with Gasteiger partial charge in [0.15, 0.2) is 0 Å². The van der Waals surface area contributed by atoms with E-state index in [0.29, 0.717) is 11.4 Å². The van der Waals surface area contributed by atoms with Crippen molar-refractivity contribution in [1.29, 1.82) is 0 Å². The number of carbonyl (C=O) groups excluding carboxylic acids is 2. The number of hydrogen-bond donors (Lipinski definition) is 0. The quantitative estimate of drug-likeness (QED) is 0.107. The molecule has 2 heterocycles. The predicted octanol–water partition coefficient (Wildman–Crippen LogP) is 7.79. The number of benzene rings is 4. The largest absolute Gasteiger partial charge is 2.00 e. The number of hydrogen-bond acceptors (Lipinski definition) is 12. The Kier molecular flexibility index (Phi) is 11.3. The third-order valence-corrected chi connectivity index (χ3v) is 6.89. The first-order chi connectivity index (χ1) is 24.0. The maximum atomic E-state index is 12.6. The number of nitro benzene ring substituents is 4. The number of nitrogens with zero attached hydrogens (tertiary/aromatic N) is 8. The fourth-order valence-electron chi connectivity index (χ4n) is 4.79. The summed E-state index contributed by atoms with van der Waals surface area (Å²) in [5.41, 5.74) is -2.80. The van der Waals surface area contributed by atoms with Gasteiger partial charge in [-0.1, -0.05) is 60.7 Å². The fraction of sp³-hybridized carbons (Fsp3) is 0. The molecule has 0 aliphatic rings. The molecule has 0 saturated heterocycles. The molecular weight excluding hydrogens is 715 g/mol. The fourth-order valence-corrected chi connectivity index (χ4v) is 4.79. The molecule has 255 valence electrons. The molecule has 0 atom stereocenters. The van der Waals surface area contributed by atoms with E-state index in [2.05, 4.69) is 20.6 Å². The Bertz CT molecular complexity index is 2180. The second-order valence-corrected chi connectivity index (χ2v) is 9.91. The number of carbonyl (C=O) groups is 2. The zero-order valence-corrected chi connectivity index (χ0v) is 26.4. The monoisotopic (exact) mass is 733 g/mol. The van der Waals surface area contributed by atoms with E-state index in [-0.39, 0.29) is 49.7 Å². The predicted molar refractivity (Wildman–Crippen MR) is 178 cm³/mol. The molecule has 6 rings (SSSR count). The second kappa shape index (κ2) is 15.8. The van der Waals surface area contributed by atoms with Crippen LogP contribution >= 0.6 is 0 Å². The first kappa shape index (κ1) is 36.6. The third kappa shape index (κ3) is 7.91. The molecule has 19 heteroatoms. The summed E-state index contributed by atoms with van der Waals surface area (Å²) in [5, 5.41) is 52.9. The van der Waals surface area contributed by atoms with Crippen LogP contribution in [0.3, 0.4) is 0 Å². The van der Waals surface area contributed by atoms with Gasteiger partial charge < -0.3 is 20.2 Å². The summed E-state index contributed by atoms with van der Waals surface area (Å²) in [4.78, 5) is 74.9. The Labute approximate surface area is 294 Å². The van der Waals surface area contributed by atoms with Crippen molar-refractivity contribution in [2.75, 3.05) is 0 Å². The van der Waals surface area contributed by atoms with E-state index in [0.717, 1.165) is 12.1 Å². The molecule has 0 aliphatic carbocycles. The molecule has 2 amide bonds. The van der Waals surface area contributed by atoms with Gasteiger partial charge in [-0.2, -0.15) is 0 Å². The number of amides is 2. The molecule has 2 aromatic heterocycles. The van der Waals surface area contributed by atoms with Gasteiger partial charge in [0.05, 0.1) is 65.4 Å². The van der Waals surface area contributed by atoms with Crippen LogP contribution in [0.15, 0.2) is 109 Å². The second-order valence-electron chi connectivity index (χ2n) is 9.91. The molecule has 0 spiro atoms. The number of aromatic nitrogens is 2. The summed E-state index contributed by atoms with van der Waals surface area (Å²) in [5.74, 6) is -1.78. The topological polar surface area (TPSA) is 261 Å². The van der Waals surface area contributed by atoms with Crippen molar-refractivity contribution < 1.29 is 46.1 Å². The summed E-state index contributed by atoms with van der Waals surface area (Å²) < 4.78 is 0. The maximum Gasteiger partial charge on any atom is 2.00 e. The number of non-ortho nitro benzene ring substituents is 2. The summed E-state index contributed by atoms with van der Waals surface area (Å²) in [7, 11) is 0. The van der Waals surface area contributed by atoms with E-state index >= 15 is 0 Å². The molecule has 0 N–H and O–H groups in total. The van der Waals surface area contributed by atoms with Gasteiger partial charge in [0, 0.05) is 12.4 Å². The summed E-state index contributed by atoms with van der Waals surface area (Å²) in [6.45, 7) is 0. The van der Waals surface area contributed by atoms with Crippen molar-refractivity contribution >= 4 is 67.7 Å². The van der Waals surface area contributed by atoms with Gasteiger partial charge in [-0.3, -0.25) is 50.4 Å². The van der Waals surface area contributed by atoms with Gasteiger partial charge >= 0.3 is 16.8 Å². The molecule has 0 saturated carbocycles. The summed E-state index contributed by atoms with van der Waals surface area (Å²) in [6.07, 6.45) is 2.60. The SMILES string of the molecule is O=C([N-]c1ccccc1)c1c([N+](=O)[O-])cc([N+](=O)[O-])c2cccnc12.O=C([N-]c1ccccc1)c1c([N+](=O)[O-])cc([N+](=O)[O-])c2cccnc12.[Co+2]. The third-order valence-electron chi connectivity index (χ3n) is 6.89. The molecule has 6 aromatic rings. The maximum absolute atomic E-state index is 12.6. The van der Waals surface area contributed by atoms with Crippen molar-refractivity contribution in [2.24, 2.45) is 0 Å². The van der Waals surface area contributed by atoms with Crippen molar-refractivity contribution in [3.8, 4) is 0 Å². The number of rotatable bonds is 8. The van der Waals surface area contributed by atoms with E-state index in [1.54, 1.807) is 60.7 Å². The van der Waals surface area contributed by atoms with Crippen LogP contribution in [0.5, 0.6) is 0 Å². The van der Waals surface area contributed by atoms with E-state index < -0.39 is 54.3 Å². The van der Waals surface area contributed by atoms with Crippen LogP contribution < -0.4 is 0 Å². The molecule has 0 fully saturated rings. The van der Waals surface area contributed by atoms with Gasteiger partial charge in [-0.05, 0) is 24.3 Å². The van der Waals surface area contributed by atoms with Gasteiger partial charge in [0.2, 0.25) is 0 Å². The van der Waals surface area contributed by atoms with Crippen LogP contribution in [0, 0.1) is 40.5 Å². The van der Waals surface area contributed by atoms with E-state index in [1.807, 2.05) is 0 Å². The molecule has 0 aliphatic heterocycles. The molecule has 0 unspecified atom stereocenters. The molecule has 51 heavy (non-hydrogen) atoms. The average Bonchev–Trinajstić information content (AvgIpc) is 3.10. The van der Waals surface area contributed by atoms with Crippen molar-refractivity contribution in [3.63, 3.8) is 0 Å². The Balaban J connectivity index is 0.000000224. The standard InChI is InChI=1S/2C16H10N4O5.Co/c2*21-16(18-10-5-2-1-3-6-10)14-13(20(24)25)9-12(19(22)23)11-7-4-8-17-15(11)14;/h2*1-9H,(H,18,21);/q;;+2/p-2. The van der Waals surface area contributed by atoms with Crippen LogP contribution in [0.2, 0.25) is 0 Å². The minimum absolute atomic E-state index is 0.